The van der Waals surface area contributed by atoms with Gasteiger partial charge in [-0.2, -0.15) is 0 Å². The zero-order valence-corrected chi connectivity index (χ0v) is 20.6. The number of carbonyl (C=O) groups is 2. The summed E-state index contributed by atoms with van der Waals surface area (Å²) in [5.74, 6) is -0.0224. The predicted molar refractivity (Wildman–Crippen MR) is 133 cm³/mol. The van der Waals surface area contributed by atoms with Crippen LogP contribution in [0, 0.1) is 5.92 Å². The number of fused-ring (bicyclic) bond motifs is 1. The Kier molecular flexibility index (Phi) is 10.2. The number of Topliss-reactive ketones (excluding diaryl/α,β-unsaturated/α-hetero) is 1. The van der Waals surface area contributed by atoms with Gasteiger partial charge in [-0.3, -0.25) is 14.6 Å². The van der Waals surface area contributed by atoms with Gasteiger partial charge >= 0.3 is 0 Å². The molecule has 7 N–H and O–H groups in total. The summed E-state index contributed by atoms with van der Waals surface area (Å²) in [6.45, 7) is 8.79. The standard InChI is InChI=1S/C22H38N10O2/c1-14(2)17(33)10-31(9-16(30-15(3)4)7-5-6-8-26-22(24)25)18(34)11-32-13-29-19-20(23)27-12-28-21(19)32/h12-16,30H,5-11H2,1-4H3,(H2,23,27,28)(H4,24,25,26)/t16-/m0/s1. The van der Waals surface area contributed by atoms with E-state index in [0.29, 0.717) is 24.3 Å². The molecule has 0 saturated carbocycles. The maximum atomic E-state index is 13.3. The van der Waals surface area contributed by atoms with E-state index in [1.807, 2.05) is 13.8 Å². The number of nitrogens with one attached hydrogen (secondary N) is 1. The van der Waals surface area contributed by atoms with Crippen LogP contribution in [0.15, 0.2) is 17.6 Å². The Labute approximate surface area is 200 Å². The number of anilines is 1. The normalized spacial score (nSPS) is 12.3. The molecule has 34 heavy (non-hydrogen) atoms. The molecular formula is C22H38N10O2. The van der Waals surface area contributed by atoms with Gasteiger partial charge in [0.2, 0.25) is 5.91 Å². The number of ketones is 1. The molecule has 2 heterocycles. The third-order valence-electron chi connectivity index (χ3n) is 5.34. The van der Waals surface area contributed by atoms with E-state index in [1.54, 1.807) is 9.47 Å². The number of unbranched alkanes of at least 4 members (excludes halogenated alkanes) is 1. The molecule has 0 aromatic carbocycles. The number of imidazole rings is 1. The summed E-state index contributed by atoms with van der Waals surface area (Å²) in [5.41, 5.74) is 17.6. The van der Waals surface area contributed by atoms with E-state index < -0.39 is 0 Å². The van der Waals surface area contributed by atoms with Crippen LogP contribution < -0.4 is 22.5 Å². The summed E-state index contributed by atoms with van der Waals surface area (Å²) in [7, 11) is 0. The second-order valence-corrected chi connectivity index (χ2v) is 9.02. The zero-order valence-electron chi connectivity index (χ0n) is 20.6. The summed E-state index contributed by atoms with van der Waals surface area (Å²) in [6, 6.07) is 0.235. The first-order chi connectivity index (χ1) is 16.1. The number of guanidine groups is 1. The molecule has 2 aromatic heterocycles. The maximum Gasteiger partial charge on any atom is 0.243 e. The molecule has 2 rings (SSSR count). The molecule has 1 atom stereocenters. The van der Waals surface area contributed by atoms with Crippen molar-refractivity contribution in [1.29, 1.82) is 0 Å². The number of nitrogens with two attached hydrogens (primary N) is 3. The highest BCUT2D eigenvalue weighted by atomic mass is 16.2. The van der Waals surface area contributed by atoms with Gasteiger partial charge in [-0.15, -0.1) is 0 Å². The van der Waals surface area contributed by atoms with Crippen molar-refractivity contribution in [3.63, 3.8) is 0 Å². The molecule has 0 saturated heterocycles. The van der Waals surface area contributed by atoms with Crippen LogP contribution in [0.4, 0.5) is 5.82 Å². The van der Waals surface area contributed by atoms with Crippen LogP contribution in [-0.2, 0) is 16.1 Å². The fourth-order valence-corrected chi connectivity index (χ4v) is 3.56. The average molecular weight is 475 g/mol. The number of hydrogen-bond donors (Lipinski definition) is 4. The van der Waals surface area contributed by atoms with Crippen LogP contribution in [0.5, 0.6) is 0 Å². The van der Waals surface area contributed by atoms with E-state index in [2.05, 4.69) is 39.1 Å². The van der Waals surface area contributed by atoms with Crippen LogP contribution in [-0.4, -0.2) is 73.8 Å². The molecular weight excluding hydrogens is 436 g/mol. The van der Waals surface area contributed by atoms with Crippen molar-refractivity contribution in [2.45, 2.75) is 65.6 Å². The molecule has 0 fully saturated rings. The first-order valence-electron chi connectivity index (χ1n) is 11.6. The van der Waals surface area contributed by atoms with Crippen molar-refractivity contribution < 1.29 is 9.59 Å². The third kappa shape index (κ3) is 8.25. The zero-order chi connectivity index (χ0) is 25.3. The van der Waals surface area contributed by atoms with Crippen molar-refractivity contribution >= 4 is 34.6 Å². The largest absolute Gasteiger partial charge is 0.382 e. The Balaban J connectivity index is 2.15. The van der Waals surface area contributed by atoms with Crippen LogP contribution in [0.1, 0.15) is 47.0 Å². The number of rotatable bonds is 14. The number of nitrogen functional groups attached to an aromatic ring is 1. The van der Waals surface area contributed by atoms with Gasteiger partial charge in [-0.25, -0.2) is 15.0 Å². The highest BCUT2D eigenvalue weighted by molar-refractivity contribution is 5.88. The molecule has 0 radical (unpaired) electrons. The van der Waals surface area contributed by atoms with E-state index in [4.69, 9.17) is 17.2 Å². The van der Waals surface area contributed by atoms with E-state index in [-0.39, 0.29) is 54.6 Å². The Morgan fingerprint density at radius 3 is 2.53 bits per heavy atom. The van der Waals surface area contributed by atoms with Gasteiger partial charge in [0.1, 0.15) is 18.4 Å². The van der Waals surface area contributed by atoms with Crippen molar-refractivity contribution in [2.75, 3.05) is 25.4 Å². The summed E-state index contributed by atoms with van der Waals surface area (Å²) < 4.78 is 1.63. The van der Waals surface area contributed by atoms with Crippen LogP contribution in [0.3, 0.4) is 0 Å². The van der Waals surface area contributed by atoms with Crippen molar-refractivity contribution in [3.05, 3.63) is 12.7 Å². The summed E-state index contributed by atoms with van der Waals surface area (Å²) >= 11 is 0. The van der Waals surface area contributed by atoms with E-state index in [9.17, 15) is 9.59 Å². The second-order valence-electron chi connectivity index (χ2n) is 9.02. The molecule has 0 bridgehead atoms. The first-order valence-corrected chi connectivity index (χ1v) is 11.6. The van der Waals surface area contributed by atoms with Gasteiger partial charge in [0, 0.05) is 31.1 Å². The third-order valence-corrected chi connectivity index (χ3v) is 5.34. The minimum atomic E-state index is -0.193. The number of carbonyl (C=O) groups excluding carboxylic acids is 2. The fourth-order valence-electron chi connectivity index (χ4n) is 3.56. The number of amides is 1. The predicted octanol–water partition coefficient (Wildman–Crippen LogP) is 0.273. The number of nitrogens with zero attached hydrogens (tertiary/aromatic N) is 6. The highest BCUT2D eigenvalue weighted by Gasteiger charge is 2.24. The summed E-state index contributed by atoms with van der Waals surface area (Å²) in [4.78, 5) is 43.9. The molecule has 2 aromatic rings. The molecule has 0 aliphatic heterocycles. The fraction of sp³-hybridized carbons (Fsp3) is 0.636. The lowest BCUT2D eigenvalue weighted by Crippen LogP contribution is -2.48. The highest BCUT2D eigenvalue weighted by Crippen LogP contribution is 2.15. The Morgan fingerprint density at radius 1 is 1.15 bits per heavy atom. The van der Waals surface area contributed by atoms with Crippen molar-refractivity contribution in [3.8, 4) is 0 Å². The van der Waals surface area contributed by atoms with Crippen molar-refractivity contribution in [2.24, 2.45) is 22.4 Å². The Morgan fingerprint density at radius 2 is 1.88 bits per heavy atom. The minimum absolute atomic E-state index is 0.00276. The Hall–Kier alpha value is -3.28. The lowest BCUT2D eigenvalue weighted by Gasteiger charge is -2.30. The molecule has 188 valence electrons. The monoisotopic (exact) mass is 474 g/mol. The maximum absolute atomic E-state index is 13.3. The van der Waals surface area contributed by atoms with Gasteiger partial charge in [0.05, 0.1) is 12.9 Å². The molecule has 0 unspecified atom stereocenters. The lowest BCUT2D eigenvalue weighted by atomic mass is 10.1. The van der Waals surface area contributed by atoms with E-state index >= 15 is 0 Å². The lowest BCUT2D eigenvalue weighted by molar-refractivity contribution is -0.137. The van der Waals surface area contributed by atoms with Crippen LogP contribution in [0.25, 0.3) is 11.2 Å². The first kappa shape index (κ1) is 27.0. The quantitative estimate of drug-likeness (QED) is 0.169. The molecule has 0 aliphatic carbocycles. The molecule has 0 spiro atoms. The van der Waals surface area contributed by atoms with Gasteiger partial charge in [0.15, 0.2) is 23.2 Å². The number of aliphatic imine (C=N–C) groups is 1. The van der Waals surface area contributed by atoms with E-state index in [1.165, 1.54) is 12.7 Å². The Bertz CT molecular complexity index is 981. The van der Waals surface area contributed by atoms with Gasteiger partial charge < -0.3 is 32.0 Å². The van der Waals surface area contributed by atoms with Crippen LogP contribution in [0.2, 0.25) is 0 Å². The number of aromatic nitrogens is 4. The topological polar surface area (TPSA) is 183 Å². The van der Waals surface area contributed by atoms with Crippen LogP contribution >= 0.6 is 0 Å². The van der Waals surface area contributed by atoms with Gasteiger partial charge in [-0.1, -0.05) is 27.7 Å². The SMILES string of the molecule is CC(C)N[C@@H](CCCCN=C(N)N)CN(CC(=O)C(C)C)C(=O)Cn1cnc2c(N)ncnc21. The number of hydrogen-bond acceptors (Lipinski definition) is 8. The molecule has 1 amide bonds. The average Bonchev–Trinajstić information content (AvgIpc) is 3.16. The summed E-state index contributed by atoms with van der Waals surface area (Å²) in [6.07, 6.45) is 5.38. The van der Waals surface area contributed by atoms with Gasteiger partial charge in [-0.05, 0) is 19.3 Å². The second kappa shape index (κ2) is 12.8. The van der Waals surface area contributed by atoms with E-state index in [0.717, 1.165) is 19.3 Å². The molecule has 12 nitrogen and oxygen atoms in total. The minimum Gasteiger partial charge on any atom is -0.382 e. The molecule has 0 aliphatic rings. The molecule has 12 heteroatoms. The smallest absolute Gasteiger partial charge is 0.243 e. The summed E-state index contributed by atoms with van der Waals surface area (Å²) in [5, 5.41) is 3.52. The van der Waals surface area contributed by atoms with Crippen molar-refractivity contribution in [1.82, 2.24) is 29.7 Å². The van der Waals surface area contributed by atoms with Gasteiger partial charge in [0.25, 0.3) is 0 Å².